The van der Waals surface area contributed by atoms with Crippen molar-refractivity contribution in [1.82, 2.24) is 30.8 Å². The Bertz CT molecular complexity index is 1920. The highest BCUT2D eigenvalue weighted by Crippen LogP contribution is 2.43. The smallest absolute Gasteiger partial charge is 0.355 e. The molecule has 11 nitrogen and oxygen atoms in total. The number of carboxylic acids is 1. The zero-order chi connectivity index (χ0) is 31.7. The Balaban J connectivity index is 1.39. The largest absolute Gasteiger partial charge is 0.476 e. The van der Waals surface area contributed by atoms with Gasteiger partial charge in [-0.15, -0.1) is 10.2 Å². The van der Waals surface area contributed by atoms with E-state index in [9.17, 15) is 14.7 Å². The Morgan fingerprint density at radius 1 is 1.09 bits per heavy atom. The topological polar surface area (TPSA) is 163 Å². The standard InChI is InChI=1S/C32H29BrClN7O4/c1-2-3-14-32(16-18-8-11-20(12-9-18)29(35)42)36-28(34)26(31(43)44)41(32)17-19-10-13-24-23(15-19)25(33)27(45-24)21-6-4-5-7-22(21)30-37-39-40-38-30/h4-13,15,36H,2-3,14,16-17H2,1H3,(H2,35,42)(H,43,44)(H,37,38,39,40). The molecule has 0 spiro atoms. The first-order valence-electron chi connectivity index (χ1n) is 14.3. The van der Waals surface area contributed by atoms with Crippen molar-refractivity contribution in [3.63, 3.8) is 0 Å². The fourth-order valence-corrected chi connectivity index (χ4v) is 6.81. The van der Waals surface area contributed by atoms with Crippen molar-refractivity contribution in [3.05, 3.63) is 98.7 Å². The Morgan fingerprint density at radius 3 is 2.49 bits per heavy atom. The Kier molecular flexibility index (Phi) is 8.34. The number of carbonyl (C=O) groups excluding carboxylic acids is 1. The number of furan rings is 1. The van der Waals surface area contributed by atoms with E-state index in [0.717, 1.165) is 45.0 Å². The number of hydrogen-bond donors (Lipinski definition) is 4. The van der Waals surface area contributed by atoms with Crippen LogP contribution in [0.5, 0.6) is 0 Å². The van der Waals surface area contributed by atoms with Gasteiger partial charge >= 0.3 is 5.97 Å². The van der Waals surface area contributed by atoms with Crippen LogP contribution in [0.15, 0.2) is 86.5 Å². The number of aromatic amines is 1. The molecular formula is C32H29BrClN7O4. The van der Waals surface area contributed by atoms with Gasteiger partial charge in [0.25, 0.3) is 0 Å². The van der Waals surface area contributed by atoms with Crippen LogP contribution in [0.2, 0.25) is 0 Å². The number of tetrazole rings is 1. The quantitative estimate of drug-likeness (QED) is 0.119. The average molecular weight is 691 g/mol. The summed E-state index contributed by atoms with van der Waals surface area (Å²) >= 11 is 10.4. The van der Waals surface area contributed by atoms with Gasteiger partial charge in [0, 0.05) is 35.0 Å². The highest BCUT2D eigenvalue weighted by atomic mass is 79.9. The number of hydrogen-bond acceptors (Lipinski definition) is 8. The van der Waals surface area contributed by atoms with Crippen molar-refractivity contribution < 1.29 is 19.1 Å². The summed E-state index contributed by atoms with van der Waals surface area (Å²) in [5, 5.41) is 29.0. The molecule has 1 unspecified atom stereocenters. The van der Waals surface area contributed by atoms with Crippen LogP contribution in [0.3, 0.4) is 0 Å². The second kappa shape index (κ2) is 12.4. The number of rotatable bonds is 11. The van der Waals surface area contributed by atoms with Gasteiger partial charge in [-0.3, -0.25) is 4.79 Å². The fraction of sp³-hybridized carbons (Fsp3) is 0.219. The number of primary amides is 1. The molecule has 0 radical (unpaired) electrons. The molecular weight excluding hydrogens is 662 g/mol. The zero-order valence-electron chi connectivity index (χ0n) is 24.2. The lowest BCUT2D eigenvalue weighted by Crippen LogP contribution is -2.54. The van der Waals surface area contributed by atoms with Gasteiger partial charge in [0.2, 0.25) is 11.7 Å². The van der Waals surface area contributed by atoms with Crippen molar-refractivity contribution >= 4 is 50.4 Å². The Labute approximate surface area is 271 Å². The summed E-state index contributed by atoms with van der Waals surface area (Å²) in [5.41, 5.74) is 8.98. The maximum Gasteiger partial charge on any atom is 0.355 e. The predicted octanol–water partition coefficient (Wildman–Crippen LogP) is 6.17. The van der Waals surface area contributed by atoms with E-state index in [0.29, 0.717) is 35.6 Å². The first-order valence-corrected chi connectivity index (χ1v) is 15.5. The summed E-state index contributed by atoms with van der Waals surface area (Å²) in [6.45, 7) is 2.34. The van der Waals surface area contributed by atoms with Crippen molar-refractivity contribution in [2.45, 2.75) is 44.8 Å². The highest BCUT2D eigenvalue weighted by Gasteiger charge is 2.46. The molecule has 0 aliphatic carbocycles. The van der Waals surface area contributed by atoms with Gasteiger partial charge in [-0.1, -0.05) is 67.4 Å². The number of unbranched alkanes of at least 4 members (excludes halogenated alkanes) is 1. The van der Waals surface area contributed by atoms with Gasteiger partial charge in [0.15, 0.2) is 5.70 Å². The molecule has 6 rings (SSSR count). The predicted molar refractivity (Wildman–Crippen MR) is 173 cm³/mol. The number of halogens is 2. The minimum Gasteiger partial charge on any atom is -0.476 e. The number of benzene rings is 3. The van der Waals surface area contributed by atoms with Gasteiger partial charge in [-0.25, -0.2) is 4.79 Å². The first kappa shape index (κ1) is 30.4. The van der Waals surface area contributed by atoms with Gasteiger partial charge in [-0.2, -0.15) is 5.21 Å². The summed E-state index contributed by atoms with van der Waals surface area (Å²) < 4.78 is 7.05. The molecule has 5 aromatic rings. The molecule has 0 bridgehead atoms. The van der Waals surface area contributed by atoms with E-state index in [1.807, 2.05) is 59.5 Å². The summed E-state index contributed by atoms with van der Waals surface area (Å²) in [5.74, 6) is -0.585. The van der Waals surface area contributed by atoms with E-state index in [4.69, 9.17) is 21.8 Å². The molecule has 5 N–H and O–H groups in total. The number of aromatic nitrogens is 4. The van der Waals surface area contributed by atoms with E-state index in [1.165, 1.54) is 0 Å². The summed E-state index contributed by atoms with van der Waals surface area (Å²) in [4.78, 5) is 26.1. The number of fused-ring (bicyclic) bond motifs is 1. The molecule has 3 aromatic carbocycles. The number of nitrogens with zero attached hydrogens (tertiary/aromatic N) is 4. The zero-order valence-corrected chi connectivity index (χ0v) is 26.5. The lowest BCUT2D eigenvalue weighted by atomic mass is 9.91. The lowest BCUT2D eigenvalue weighted by Gasteiger charge is -2.41. The van der Waals surface area contributed by atoms with Crippen LogP contribution in [0.4, 0.5) is 0 Å². The Hall–Kier alpha value is -4.68. The number of carbonyl (C=O) groups is 2. The van der Waals surface area contributed by atoms with E-state index >= 15 is 0 Å². The third-order valence-electron chi connectivity index (χ3n) is 8.01. The molecule has 13 heteroatoms. The monoisotopic (exact) mass is 689 g/mol. The van der Waals surface area contributed by atoms with Gasteiger partial charge in [0.05, 0.1) is 4.47 Å². The maximum absolute atomic E-state index is 12.6. The molecule has 2 aromatic heterocycles. The van der Waals surface area contributed by atoms with Crippen LogP contribution in [-0.4, -0.2) is 48.2 Å². The summed E-state index contributed by atoms with van der Waals surface area (Å²) in [7, 11) is 0. The van der Waals surface area contributed by atoms with Gasteiger partial charge < -0.3 is 25.5 Å². The second-order valence-corrected chi connectivity index (χ2v) is 12.1. The molecule has 1 atom stereocenters. The van der Waals surface area contributed by atoms with Crippen LogP contribution in [0.1, 0.15) is 47.7 Å². The summed E-state index contributed by atoms with van der Waals surface area (Å²) in [6, 6.07) is 20.4. The maximum atomic E-state index is 12.6. The number of nitrogens with two attached hydrogens (primary N) is 1. The lowest BCUT2D eigenvalue weighted by molar-refractivity contribution is -0.135. The van der Waals surface area contributed by atoms with Crippen LogP contribution >= 0.6 is 27.5 Å². The third kappa shape index (κ3) is 5.78. The van der Waals surface area contributed by atoms with Gasteiger partial charge in [0.1, 0.15) is 22.2 Å². The molecule has 1 aliphatic rings. The van der Waals surface area contributed by atoms with Crippen molar-refractivity contribution in [2.75, 3.05) is 0 Å². The molecule has 0 saturated carbocycles. The highest BCUT2D eigenvalue weighted by molar-refractivity contribution is 9.10. The van der Waals surface area contributed by atoms with Crippen molar-refractivity contribution in [3.8, 4) is 22.7 Å². The van der Waals surface area contributed by atoms with Crippen LogP contribution < -0.4 is 11.1 Å². The number of aliphatic carboxylic acids is 1. The minimum absolute atomic E-state index is 0.00242. The number of H-pyrrole nitrogens is 1. The first-order chi connectivity index (χ1) is 21.7. The van der Waals surface area contributed by atoms with E-state index in [1.54, 1.807) is 12.1 Å². The van der Waals surface area contributed by atoms with Gasteiger partial charge in [-0.05, 0) is 69.4 Å². The Morgan fingerprint density at radius 2 is 1.82 bits per heavy atom. The van der Waals surface area contributed by atoms with E-state index in [2.05, 4.69) is 48.8 Å². The van der Waals surface area contributed by atoms with Crippen molar-refractivity contribution in [2.24, 2.45) is 5.73 Å². The SMILES string of the molecule is CCCCC1(Cc2ccc(C(N)=O)cc2)NC(Cl)=C(C(=O)O)N1Cc1ccc2oc(-c3ccccc3-c3nn[nH]n3)c(Br)c2c1. The molecule has 0 saturated heterocycles. The average Bonchev–Trinajstić information content (AvgIpc) is 3.74. The number of nitrogens with one attached hydrogen (secondary N) is 2. The molecule has 1 amide bonds. The summed E-state index contributed by atoms with van der Waals surface area (Å²) in [6.07, 6.45) is 2.80. The van der Waals surface area contributed by atoms with E-state index < -0.39 is 17.5 Å². The number of amides is 1. The van der Waals surface area contributed by atoms with E-state index in [-0.39, 0.29) is 17.4 Å². The minimum atomic E-state index is -1.12. The van der Waals surface area contributed by atoms with Crippen LogP contribution in [0, 0.1) is 0 Å². The molecule has 230 valence electrons. The molecule has 45 heavy (non-hydrogen) atoms. The van der Waals surface area contributed by atoms with Crippen LogP contribution in [-0.2, 0) is 17.8 Å². The molecule has 3 heterocycles. The molecule has 1 aliphatic heterocycles. The molecule has 0 fully saturated rings. The third-order valence-corrected chi connectivity index (χ3v) is 9.07. The second-order valence-electron chi connectivity index (χ2n) is 10.9. The normalized spacial score (nSPS) is 16.4. The number of carboxylic acid groups (broad SMARTS) is 1. The van der Waals surface area contributed by atoms with Crippen LogP contribution in [0.25, 0.3) is 33.7 Å². The van der Waals surface area contributed by atoms with Crippen molar-refractivity contribution in [1.29, 1.82) is 0 Å². The fourth-order valence-electron chi connectivity index (χ4n) is 5.84.